The van der Waals surface area contributed by atoms with Crippen LogP contribution < -0.4 is 0 Å². The molecule has 0 atom stereocenters. The van der Waals surface area contributed by atoms with Crippen molar-refractivity contribution in [3.63, 3.8) is 0 Å². The number of rotatable bonds is 1. The molecule has 2 rings (SSSR count). The fourth-order valence-electron chi connectivity index (χ4n) is 1.24. The summed E-state index contributed by atoms with van der Waals surface area (Å²) < 4.78 is 0. The monoisotopic (exact) mass is 253 g/mol. The van der Waals surface area contributed by atoms with Crippen LogP contribution in [0.3, 0.4) is 0 Å². The fourth-order valence-corrected chi connectivity index (χ4v) is 1.62. The SMILES string of the molecule is Cc1ccnc(-c2nc(Cl)c(C)c(Cl)n2)c1. The number of hydrogen-bond acceptors (Lipinski definition) is 3. The van der Waals surface area contributed by atoms with Gasteiger partial charge in [-0.3, -0.25) is 4.98 Å². The van der Waals surface area contributed by atoms with Crippen molar-refractivity contribution < 1.29 is 0 Å². The third-order valence-electron chi connectivity index (χ3n) is 2.17. The summed E-state index contributed by atoms with van der Waals surface area (Å²) in [6, 6.07) is 3.79. The molecule has 5 heteroatoms. The first-order chi connectivity index (χ1) is 7.58. The number of pyridine rings is 1. The van der Waals surface area contributed by atoms with Crippen LogP contribution in [0.25, 0.3) is 11.5 Å². The van der Waals surface area contributed by atoms with Crippen LogP contribution in [-0.4, -0.2) is 15.0 Å². The van der Waals surface area contributed by atoms with Crippen LogP contribution >= 0.6 is 23.2 Å². The molecule has 0 amide bonds. The first-order valence-corrected chi connectivity index (χ1v) is 5.46. The van der Waals surface area contributed by atoms with E-state index in [4.69, 9.17) is 23.2 Å². The van der Waals surface area contributed by atoms with Crippen LogP contribution in [0.2, 0.25) is 10.3 Å². The van der Waals surface area contributed by atoms with Crippen LogP contribution in [0.5, 0.6) is 0 Å². The second-order valence-corrected chi connectivity index (χ2v) is 4.19. The maximum atomic E-state index is 5.95. The van der Waals surface area contributed by atoms with Gasteiger partial charge in [0.1, 0.15) is 16.0 Å². The van der Waals surface area contributed by atoms with E-state index in [9.17, 15) is 0 Å². The first kappa shape index (κ1) is 11.3. The van der Waals surface area contributed by atoms with Crippen LogP contribution in [0.1, 0.15) is 11.1 Å². The van der Waals surface area contributed by atoms with Gasteiger partial charge in [-0.2, -0.15) is 0 Å². The third kappa shape index (κ3) is 2.15. The molecular formula is C11H9Cl2N3. The molecule has 0 N–H and O–H groups in total. The van der Waals surface area contributed by atoms with Crippen LogP contribution in [0, 0.1) is 13.8 Å². The maximum absolute atomic E-state index is 5.95. The summed E-state index contributed by atoms with van der Waals surface area (Å²) in [5, 5.41) is 0.719. The second-order valence-electron chi connectivity index (χ2n) is 3.47. The fraction of sp³-hybridized carbons (Fsp3) is 0.182. The lowest BCUT2D eigenvalue weighted by molar-refractivity contribution is 1.11. The topological polar surface area (TPSA) is 38.7 Å². The summed E-state index contributed by atoms with van der Waals surface area (Å²) in [5.41, 5.74) is 2.44. The van der Waals surface area contributed by atoms with Gasteiger partial charge < -0.3 is 0 Å². The van der Waals surface area contributed by atoms with Crippen molar-refractivity contribution in [2.24, 2.45) is 0 Å². The lowest BCUT2D eigenvalue weighted by atomic mass is 10.2. The molecule has 0 bridgehead atoms. The molecule has 82 valence electrons. The van der Waals surface area contributed by atoms with Gasteiger partial charge >= 0.3 is 0 Å². The summed E-state index contributed by atoms with van der Waals surface area (Å²) in [4.78, 5) is 12.5. The third-order valence-corrected chi connectivity index (χ3v) is 2.91. The van der Waals surface area contributed by atoms with Gasteiger partial charge in [0, 0.05) is 11.8 Å². The molecule has 0 spiro atoms. The Morgan fingerprint density at radius 3 is 2.25 bits per heavy atom. The molecule has 0 aliphatic carbocycles. The molecule has 3 nitrogen and oxygen atoms in total. The number of halogens is 2. The smallest absolute Gasteiger partial charge is 0.181 e. The minimum atomic E-state index is 0.360. The van der Waals surface area contributed by atoms with Crippen molar-refractivity contribution in [1.29, 1.82) is 0 Å². The Balaban J connectivity index is 2.57. The van der Waals surface area contributed by atoms with E-state index in [0.29, 0.717) is 27.4 Å². The maximum Gasteiger partial charge on any atom is 0.181 e. The van der Waals surface area contributed by atoms with Gasteiger partial charge in [-0.15, -0.1) is 0 Å². The Labute approximate surface area is 103 Å². The molecule has 2 aromatic rings. The Hall–Kier alpha value is -1.19. The Bertz CT molecular complexity index is 517. The van der Waals surface area contributed by atoms with Crippen molar-refractivity contribution in [1.82, 2.24) is 15.0 Å². The largest absolute Gasteiger partial charge is 0.253 e. The molecule has 0 radical (unpaired) electrons. The Morgan fingerprint density at radius 2 is 1.69 bits per heavy atom. The van der Waals surface area contributed by atoms with E-state index >= 15 is 0 Å². The Kier molecular flexibility index (Phi) is 3.08. The highest BCUT2D eigenvalue weighted by molar-refractivity contribution is 6.34. The second kappa shape index (κ2) is 4.36. The molecule has 0 saturated heterocycles. The summed E-state index contributed by atoms with van der Waals surface area (Å²) in [7, 11) is 0. The van der Waals surface area contributed by atoms with Gasteiger partial charge in [-0.1, -0.05) is 23.2 Å². The molecule has 0 fully saturated rings. The van der Waals surface area contributed by atoms with Crippen molar-refractivity contribution >= 4 is 23.2 Å². The van der Waals surface area contributed by atoms with Gasteiger partial charge in [0.2, 0.25) is 0 Å². The minimum Gasteiger partial charge on any atom is -0.253 e. The lowest BCUT2D eigenvalue weighted by Crippen LogP contribution is -1.95. The molecule has 0 aromatic carbocycles. The first-order valence-electron chi connectivity index (χ1n) is 4.70. The van der Waals surface area contributed by atoms with E-state index in [1.807, 2.05) is 19.1 Å². The molecule has 0 aliphatic heterocycles. The average molecular weight is 254 g/mol. The van der Waals surface area contributed by atoms with Gasteiger partial charge in [-0.05, 0) is 31.5 Å². The summed E-state index contributed by atoms with van der Waals surface area (Å²) in [6.07, 6.45) is 1.70. The minimum absolute atomic E-state index is 0.360. The summed E-state index contributed by atoms with van der Waals surface area (Å²) in [5.74, 6) is 0.448. The zero-order valence-electron chi connectivity index (χ0n) is 8.83. The van der Waals surface area contributed by atoms with E-state index in [2.05, 4.69) is 15.0 Å². The highest BCUT2D eigenvalue weighted by atomic mass is 35.5. The van der Waals surface area contributed by atoms with Crippen molar-refractivity contribution in [3.8, 4) is 11.5 Å². The molecule has 0 saturated carbocycles. The van der Waals surface area contributed by atoms with Gasteiger partial charge in [0.15, 0.2) is 5.82 Å². The molecule has 16 heavy (non-hydrogen) atoms. The number of nitrogens with zero attached hydrogens (tertiary/aromatic N) is 3. The van der Waals surface area contributed by atoms with Gasteiger partial charge in [0.25, 0.3) is 0 Å². The van der Waals surface area contributed by atoms with E-state index < -0.39 is 0 Å². The lowest BCUT2D eigenvalue weighted by Gasteiger charge is -2.04. The zero-order valence-corrected chi connectivity index (χ0v) is 10.3. The van der Waals surface area contributed by atoms with Crippen LogP contribution in [0.4, 0.5) is 0 Å². The predicted molar refractivity (Wildman–Crippen MR) is 64.8 cm³/mol. The van der Waals surface area contributed by atoms with Crippen molar-refractivity contribution in [3.05, 3.63) is 39.8 Å². The highest BCUT2D eigenvalue weighted by Gasteiger charge is 2.10. The number of aryl methyl sites for hydroxylation is 1. The average Bonchev–Trinajstić information content (AvgIpc) is 2.25. The number of hydrogen-bond donors (Lipinski definition) is 0. The number of aromatic nitrogens is 3. The molecule has 2 heterocycles. The van der Waals surface area contributed by atoms with Gasteiger partial charge in [0.05, 0.1) is 0 Å². The Morgan fingerprint density at radius 1 is 1.06 bits per heavy atom. The quantitative estimate of drug-likeness (QED) is 0.731. The van der Waals surface area contributed by atoms with Crippen LogP contribution in [0.15, 0.2) is 18.3 Å². The molecule has 0 unspecified atom stereocenters. The summed E-state index contributed by atoms with van der Waals surface area (Å²) in [6.45, 7) is 3.75. The van der Waals surface area contributed by atoms with Crippen molar-refractivity contribution in [2.75, 3.05) is 0 Å². The normalized spacial score (nSPS) is 10.5. The zero-order chi connectivity index (χ0) is 11.7. The van der Waals surface area contributed by atoms with Gasteiger partial charge in [-0.25, -0.2) is 9.97 Å². The standard InChI is InChI=1S/C11H9Cl2N3/c1-6-3-4-14-8(5-6)11-15-9(12)7(2)10(13)16-11/h3-5H,1-2H3. The van der Waals surface area contributed by atoms with E-state index in [0.717, 1.165) is 5.56 Å². The van der Waals surface area contributed by atoms with E-state index in [1.54, 1.807) is 13.1 Å². The molecule has 2 aromatic heterocycles. The predicted octanol–water partition coefficient (Wildman–Crippen LogP) is 3.46. The molecular weight excluding hydrogens is 245 g/mol. The van der Waals surface area contributed by atoms with E-state index in [1.165, 1.54) is 0 Å². The van der Waals surface area contributed by atoms with Crippen molar-refractivity contribution in [2.45, 2.75) is 13.8 Å². The van der Waals surface area contributed by atoms with Crippen LogP contribution in [-0.2, 0) is 0 Å². The van der Waals surface area contributed by atoms with E-state index in [-0.39, 0.29) is 0 Å². The summed E-state index contributed by atoms with van der Waals surface area (Å²) >= 11 is 11.9. The molecule has 0 aliphatic rings. The highest BCUT2D eigenvalue weighted by Crippen LogP contribution is 2.23.